The van der Waals surface area contributed by atoms with Crippen LogP contribution in [0.2, 0.25) is 0 Å². The number of carbonyl (C=O) groups is 2. The summed E-state index contributed by atoms with van der Waals surface area (Å²) in [6.07, 6.45) is 0. The minimum Gasteiger partial charge on any atom is -0.316 e. The third kappa shape index (κ3) is 1.83. The number of fused-ring (bicyclic) bond motifs is 2. The summed E-state index contributed by atoms with van der Waals surface area (Å²) in [7, 11) is 1.56. The molecule has 2 amide bonds. The first-order valence-electron chi connectivity index (χ1n) is 7.26. The summed E-state index contributed by atoms with van der Waals surface area (Å²) in [5.41, 5.74) is 2.45. The van der Waals surface area contributed by atoms with Gasteiger partial charge in [0.25, 0.3) is 0 Å². The van der Waals surface area contributed by atoms with Gasteiger partial charge in [-0.1, -0.05) is 42.5 Å². The molecule has 23 heavy (non-hydrogen) atoms. The van der Waals surface area contributed by atoms with Gasteiger partial charge in [-0.25, -0.2) is 9.18 Å². The first-order chi connectivity index (χ1) is 11.1. The fourth-order valence-electron chi connectivity index (χ4n) is 3.27. The van der Waals surface area contributed by atoms with Crippen molar-refractivity contribution in [3.05, 3.63) is 76.6 Å². The van der Waals surface area contributed by atoms with Crippen LogP contribution in [0.1, 0.15) is 27.5 Å². The van der Waals surface area contributed by atoms with Crippen LogP contribution in [0.25, 0.3) is 5.70 Å². The maximum Gasteiger partial charge on any atom is 0.322 e. The predicted molar refractivity (Wildman–Crippen MR) is 83.1 cm³/mol. The lowest BCUT2D eigenvalue weighted by atomic mass is 9.93. The minimum atomic E-state index is -0.736. The monoisotopic (exact) mass is 308 g/mol. The van der Waals surface area contributed by atoms with Crippen LogP contribution in [-0.2, 0) is 0 Å². The Bertz CT molecular complexity index is 888. The first kappa shape index (κ1) is 13.7. The van der Waals surface area contributed by atoms with Gasteiger partial charge < -0.3 is 10.2 Å². The van der Waals surface area contributed by atoms with Crippen LogP contribution < -0.4 is 5.32 Å². The summed E-state index contributed by atoms with van der Waals surface area (Å²) in [6.45, 7) is 0. The maximum absolute atomic E-state index is 14.3. The highest BCUT2D eigenvalue weighted by molar-refractivity contribution is 6.23. The highest BCUT2D eigenvalue weighted by atomic mass is 19.1. The van der Waals surface area contributed by atoms with E-state index in [1.165, 1.54) is 11.0 Å². The van der Waals surface area contributed by atoms with E-state index in [2.05, 4.69) is 5.32 Å². The van der Waals surface area contributed by atoms with Gasteiger partial charge in [-0.3, -0.25) is 4.79 Å². The molecule has 0 aromatic heterocycles. The van der Waals surface area contributed by atoms with Crippen LogP contribution in [0.4, 0.5) is 9.18 Å². The minimum absolute atomic E-state index is 0.171. The topological polar surface area (TPSA) is 49.4 Å². The van der Waals surface area contributed by atoms with E-state index in [0.29, 0.717) is 28.0 Å². The van der Waals surface area contributed by atoms with E-state index in [1.807, 2.05) is 6.07 Å². The summed E-state index contributed by atoms with van der Waals surface area (Å²) in [5, 5.41) is 2.76. The zero-order chi connectivity index (χ0) is 16.1. The van der Waals surface area contributed by atoms with Gasteiger partial charge in [0.15, 0.2) is 5.78 Å². The molecule has 0 saturated heterocycles. The first-order valence-corrected chi connectivity index (χ1v) is 7.26. The molecule has 1 aliphatic heterocycles. The zero-order valence-corrected chi connectivity index (χ0v) is 12.3. The van der Waals surface area contributed by atoms with Crippen LogP contribution in [0.15, 0.2) is 54.1 Å². The summed E-state index contributed by atoms with van der Waals surface area (Å²) < 4.78 is 14.3. The number of Topliss-reactive ketones (excluding diaryl/α,β-unsaturated/α-hetero) is 1. The second-order valence-electron chi connectivity index (χ2n) is 5.63. The van der Waals surface area contributed by atoms with Crippen molar-refractivity contribution in [1.29, 1.82) is 0 Å². The Labute approximate surface area is 132 Å². The lowest BCUT2D eigenvalue weighted by molar-refractivity contribution is 0.101. The number of nitrogens with one attached hydrogen (secondary N) is 1. The predicted octanol–water partition coefficient (Wildman–Crippen LogP) is 3.13. The molecule has 0 radical (unpaired) electrons. The van der Waals surface area contributed by atoms with Crippen LogP contribution in [0, 0.1) is 5.82 Å². The van der Waals surface area contributed by atoms with Gasteiger partial charge in [0.05, 0.1) is 17.3 Å². The number of benzene rings is 2. The maximum atomic E-state index is 14.3. The number of halogens is 1. The molecule has 1 aliphatic carbocycles. The van der Waals surface area contributed by atoms with Crippen LogP contribution in [0.5, 0.6) is 0 Å². The number of likely N-dealkylation sites (N-methyl/N-ethyl adjacent to an activating group) is 1. The van der Waals surface area contributed by atoms with Crippen molar-refractivity contribution in [2.45, 2.75) is 6.04 Å². The normalized spacial score (nSPS) is 19.6. The summed E-state index contributed by atoms with van der Waals surface area (Å²) >= 11 is 0. The van der Waals surface area contributed by atoms with Crippen LogP contribution in [0.3, 0.4) is 0 Å². The van der Waals surface area contributed by atoms with E-state index < -0.39 is 11.9 Å². The Balaban J connectivity index is 1.96. The Morgan fingerprint density at radius 3 is 2.39 bits per heavy atom. The quantitative estimate of drug-likeness (QED) is 0.880. The van der Waals surface area contributed by atoms with E-state index >= 15 is 0 Å². The number of hydrogen-bond donors (Lipinski definition) is 1. The van der Waals surface area contributed by atoms with Crippen molar-refractivity contribution in [3.8, 4) is 0 Å². The van der Waals surface area contributed by atoms with E-state index in [-0.39, 0.29) is 11.8 Å². The standard InChI is InChI=1S/C18H13FN2O2/c1-21-16(12-8-4-5-9-13(12)19)14-15(20-18(21)23)10-6-2-3-7-11(10)17(14)22/h2-9,16H,1H3,(H,20,23)/t16-/m1/s1. The molecular formula is C18H13FN2O2. The molecular weight excluding hydrogens is 295 g/mol. The van der Waals surface area contributed by atoms with Crippen LogP contribution in [-0.4, -0.2) is 23.8 Å². The second kappa shape index (κ2) is 4.78. The SMILES string of the molecule is CN1C(=O)NC2=C(C(=O)c3ccccc32)[C@H]1c1ccccc1F. The Morgan fingerprint density at radius 1 is 1.00 bits per heavy atom. The van der Waals surface area contributed by atoms with Gasteiger partial charge in [0.2, 0.25) is 0 Å². The molecule has 4 nitrogen and oxygen atoms in total. The Hall–Kier alpha value is -2.95. The van der Waals surface area contributed by atoms with Crippen LogP contribution >= 0.6 is 0 Å². The molecule has 114 valence electrons. The van der Waals surface area contributed by atoms with Gasteiger partial charge in [0, 0.05) is 23.7 Å². The molecule has 0 saturated carbocycles. The number of carbonyl (C=O) groups excluding carboxylic acids is 2. The third-order valence-corrected chi connectivity index (χ3v) is 4.37. The van der Waals surface area contributed by atoms with E-state index in [1.54, 1.807) is 43.4 Å². The van der Waals surface area contributed by atoms with Crippen molar-refractivity contribution in [1.82, 2.24) is 10.2 Å². The van der Waals surface area contributed by atoms with Crippen molar-refractivity contribution in [3.63, 3.8) is 0 Å². The van der Waals surface area contributed by atoms with E-state index in [9.17, 15) is 14.0 Å². The molecule has 0 fully saturated rings. The zero-order valence-electron chi connectivity index (χ0n) is 12.3. The molecule has 0 bridgehead atoms. The fourth-order valence-corrected chi connectivity index (χ4v) is 3.27. The molecule has 2 aromatic carbocycles. The summed E-state index contributed by atoms with van der Waals surface area (Å²) in [4.78, 5) is 26.5. The molecule has 2 aliphatic rings. The number of hydrogen-bond acceptors (Lipinski definition) is 2. The largest absolute Gasteiger partial charge is 0.322 e. The van der Waals surface area contributed by atoms with Gasteiger partial charge in [0.1, 0.15) is 5.82 Å². The van der Waals surface area contributed by atoms with Gasteiger partial charge in [-0.05, 0) is 6.07 Å². The number of ketones is 1. The Kier molecular flexibility index (Phi) is 2.84. The van der Waals surface area contributed by atoms with E-state index in [0.717, 1.165) is 0 Å². The van der Waals surface area contributed by atoms with Crippen molar-refractivity contribution >= 4 is 17.5 Å². The second-order valence-corrected chi connectivity index (χ2v) is 5.63. The smallest absolute Gasteiger partial charge is 0.316 e. The average Bonchev–Trinajstić information content (AvgIpc) is 2.83. The van der Waals surface area contributed by atoms with Gasteiger partial charge >= 0.3 is 6.03 Å². The third-order valence-electron chi connectivity index (χ3n) is 4.37. The lowest BCUT2D eigenvalue weighted by Crippen LogP contribution is -2.44. The molecule has 5 heteroatoms. The highest BCUT2D eigenvalue weighted by Gasteiger charge is 2.43. The molecule has 1 atom stereocenters. The van der Waals surface area contributed by atoms with Crippen molar-refractivity contribution in [2.75, 3.05) is 7.05 Å². The molecule has 0 unspecified atom stereocenters. The molecule has 2 aromatic rings. The van der Waals surface area contributed by atoms with Gasteiger partial charge in [-0.2, -0.15) is 0 Å². The number of nitrogens with zero attached hydrogens (tertiary/aromatic N) is 1. The summed E-state index contributed by atoms with van der Waals surface area (Å²) in [5.74, 6) is -0.606. The number of amides is 2. The van der Waals surface area contributed by atoms with Crippen molar-refractivity contribution < 1.29 is 14.0 Å². The van der Waals surface area contributed by atoms with Gasteiger partial charge in [-0.15, -0.1) is 0 Å². The van der Waals surface area contributed by atoms with E-state index in [4.69, 9.17) is 0 Å². The number of urea groups is 1. The van der Waals surface area contributed by atoms with Crippen molar-refractivity contribution in [2.24, 2.45) is 0 Å². The fraction of sp³-hybridized carbons (Fsp3) is 0.111. The molecule has 4 rings (SSSR count). The molecule has 1 N–H and O–H groups in total. The molecule has 0 spiro atoms. The highest BCUT2D eigenvalue weighted by Crippen LogP contribution is 2.43. The lowest BCUT2D eigenvalue weighted by Gasteiger charge is -2.34. The molecule has 1 heterocycles. The summed E-state index contributed by atoms with van der Waals surface area (Å²) in [6, 6.07) is 12.2. The average molecular weight is 308 g/mol. The number of rotatable bonds is 1. The Morgan fingerprint density at radius 2 is 1.65 bits per heavy atom.